The molecule has 238 valence electrons. The monoisotopic (exact) mass is 700 g/mol. The molecule has 0 aliphatic carbocycles. The smallest absolute Gasteiger partial charge is 0.263 e. The zero-order valence-corrected chi connectivity index (χ0v) is 26.4. The summed E-state index contributed by atoms with van der Waals surface area (Å²) in [5.41, 5.74) is 2.57. The van der Waals surface area contributed by atoms with E-state index in [2.05, 4.69) is 41.9 Å². The van der Waals surface area contributed by atoms with Gasteiger partial charge >= 0.3 is 0 Å². The first-order valence-electron chi connectivity index (χ1n) is 14.4. The number of carbonyl (C=O) groups is 2. The Morgan fingerprint density at radius 1 is 1.09 bits per heavy atom. The van der Waals surface area contributed by atoms with Gasteiger partial charge in [0, 0.05) is 38.5 Å². The first-order chi connectivity index (χ1) is 22.6. The van der Waals surface area contributed by atoms with Gasteiger partial charge in [0.1, 0.15) is 18.3 Å². The summed E-state index contributed by atoms with van der Waals surface area (Å²) in [6.45, 7) is 1.96. The molecule has 3 aromatic carbocycles. The summed E-state index contributed by atoms with van der Waals surface area (Å²) in [6, 6.07) is 17.1. The molecule has 0 saturated heterocycles. The van der Waals surface area contributed by atoms with Gasteiger partial charge in [0.2, 0.25) is 0 Å². The maximum atomic E-state index is 13.9. The van der Waals surface area contributed by atoms with Crippen molar-refractivity contribution < 1.29 is 23.5 Å². The lowest BCUT2D eigenvalue weighted by Crippen LogP contribution is -2.40. The van der Waals surface area contributed by atoms with Gasteiger partial charge in [-0.15, -0.1) is 0 Å². The number of aromatic hydroxyl groups is 1. The van der Waals surface area contributed by atoms with Gasteiger partial charge in [-0.2, -0.15) is 0 Å². The Hall–Kier alpha value is -5.56. The molecule has 0 radical (unpaired) electrons. The number of pyridine rings is 1. The van der Waals surface area contributed by atoms with E-state index < -0.39 is 35.0 Å². The highest BCUT2D eigenvalue weighted by molar-refractivity contribution is 9.10. The molecule has 2 aromatic heterocycles. The van der Waals surface area contributed by atoms with Crippen LogP contribution in [0.2, 0.25) is 0 Å². The second kappa shape index (κ2) is 13.0. The molecule has 0 fully saturated rings. The summed E-state index contributed by atoms with van der Waals surface area (Å²) in [5.74, 6) is -3.52. The molecule has 5 aromatic rings. The quantitative estimate of drug-likeness (QED) is 0.145. The number of nitrogens with one attached hydrogen (secondary N) is 4. The molecule has 0 spiro atoms. The number of amides is 2. The number of aromatic nitrogens is 2. The first-order valence-corrected chi connectivity index (χ1v) is 15.2. The minimum atomic E-state index is -1.21. The van der Waals surface area contributed by atoms with Crippen molar-refractivity contribution in [2.24, 2.45) is 4.99 Å². The second-order valence-corrected chi connectivity index (χ2v) is 11.7. The number of benzene rings is 3. The van der Waals surface area contributed by atoms with E-state index in [0.717, 1.165) is 12.1 Å². The van der Waals surface area contributed by atoms with E-state index in [4.69, 9.17) is 0 Å². The van der Waals surface area contributed by atoms with Crippen molar-refractivity contribution in [2.75, 3.05) is 12.0 Å². The Morgan fingerprint density at radius 2 is 1.87 bits per heavy atom. The molecule has 1 aliphatic heterocycles. The van der Waals surface area contributed by atoms with Gasteiger partial charge < -0.3 is 30.6 Å². The maximum Gasteiger partial charge on any atom is 0.263 e. The Kier molecular flexibility index (Phi) is 8.72. The van der Waals surface area contributed by atoms with Crippen LogP contribution in [0.3, 0.4) is 0 Å². The van der Waals surface area contributed by atoms with Gasteiger partial charge in [0.05, 0.1) is 12.2 Å². The van der Waals surface area contributed by atoms with Crippen molar-refractivity contribution in [3.8, 4) is 5.88 Å². The van der Waals surface area contributed by atoms with Crippen LogP contribution in [0.1, 0.15) is 38.8 Å². The van der Waals surface area contributed by atoms with Crippen LogP contribution in [0.25, 0.3) is 17.0 Å². The summed E-state index contributed by atoms with van der Waals surface area (Å²) in [5, 5.41) is 19.8. The molecule has 5 N–H and O–H groups in total. The number of carbonyl (C=O) groups excluding carboxylic acids is 2. The minimum absolute atomic E-state index is 0.0491. The second-order valence-electron chi connectivity index (χ2n) is 10.8. The van der Waals surface area contributed by atoms with E-state index in [1.807, 2.05) is 0 Å². The molecule has 10 nitrogen and oxygen atoms in total. The number of aliphatic imine (C=N–C) groups is 1. The van der Waals surface area contributed by atoms with Gasteiger partial charge in [-0.05, 0) is 76.5 Å². The van der Waals surface area contributed by atoms with Gasteiger partial charge in [0.25, 0.3) is 17.4 Å². The number of H-pyrrole nitrogens is 1. The van der Waals surface area contributed by atoms with Crippen LogP contribution in [0.4, 0.5) is 14.5 Å². The Bertz CT molecular complexity index is 2160. The summed E-state index contributed by atoms with van der Waals surface area (Å²) < 4.78 is 29.1. The van der Waals surface area contributed by atoms with E-state index in [9.17, 15) is 28.3 Å². The highest BCUT2D eigenvalue weighted by atomic mass is 79.9. The fourth-order valence-corrected chi connectivity index (χ4v) is 5.70. The summed E-state index contributed by atoms with van der Waals surface area (Å²) in [7, 11) is 0. The predicted molar refractivity (Wildman–Crippen MR) is 178 cm³/mol. The number of hydrogen-bond donors (Lipinski definition) is 5. The van der Waals surface area contributed by atoms with Crippen LogP contribution in [0.15, 0.2) is 92.8 Å². The number of aromatic amines is 1. The Labute approximate surface area is 275 Å². The van der Waals surface area contributed by atoms with Gasteiger partial charge in [-0.3, -0.25) is 19.4 Å². The molecule has 1 aliphatic rings. The highest BCUT2D eigenvalue weighted by Crippen LogP contribution is 2.32. The van der Waals surface area contributed by atoms with Crippen LogP contribution in [0, 0.1) is 18.6 Å². The lowest BCUT2D eigenvalue weighted by atomic mass is 10.0. The van der Waals surface area contributed by atoms with Crippen LogP contribution >= 0.6 is 15.9 Å². The molecule has 13 heteroatoms. The van der Waals surface area contributed by atoms with Gasteiger partial charge in [-0.1, -0.05) is 36.4 Å². The van der Waals surface area contributed by atoms with E-state index in [1.165, 1.54) is 16.7 Å². The third-order valence-corrected chi connectivity index (χ3v) is 8.53. The number of halogens is 3. The largest absolute Gasteiger partial charge is 0.494 e. The van der Waals surface area contributed by atoms with Crippen LogP contribution < -0.4 is 21.5 Å². The topological polar surface area (TPSA) is 141 Å². The minimum Gasteiger partial charge on any atom is -0.494 e. The highest BCUT2D eigenvalue weighted by Gasteiger charge is 2.26. The molecular weight excluding hydrogens is 674 g/mol. The van der Waals surface area contributed by atoms with Crippen LogP contribution in [-0.4, -0.2) is 39.4 Å². The number of anilines is 1. The maximum absolute atomic E-state index is 13.9. The standard InChI is InChI=1S/C34H27BrF2N6O4/c1-18-26(35)14-25(34(47)43(18)16-19-7-9-27(36)28(37)11-19)32(45)42-30(20-5-3-2-4-6-20)33(46)40-21-8-10-29-23(12-21)24(31(44)41-29)13-22-15-38-17-39-22/h2-15,30,39,41,44H,16-17H2,1H3,(H,40,46)(H,42,45)/t30-/m1/s1. The fourth-order valence-electron chi connectivity index (χ4n) is 5.25. The van der Waals surface area contributed by atoms with E-state index in [-0.39, 0.29) is 18.0 Å². The van der Waals surface area contributed by atoms with Crippen molar-refractivity contribution in [2.45, 2.75) is 19.5 Å². The predicted octanol–water partition coefficient (Wildman–Crippen LogP) is 5.51. The lowest BCUT2D eigenvalue weighted by molar-refractivity contribution is -0.118. The van der Waals surface area contributed by atoms with Crippen molar-refractivity contribution in [3.05, 3.63) is 133 Å². The Balaban J connectivity index is 1.30. The first kappa shape index (κ1) is 31.4. The number of allylic oxidation sites excluding steroid dienone is 1. The normalized spacial score (nSPS) is 13.9. The lowest BCUT2D eigenvalue weighted by Gasteiger charge is -2.20. The molecule has 0 unspecified atom stereocenters. The third-order valence-electron chi connectivity index (χ3n) is 7.73. The van der Waals surface area contributed by atoms with Gasteiger partial charge in [-0.25, -0.2) is 8.78 Å². The summed E-state index contributed by atoms with van der Waals surface area (Å²) in [6.07, 6.45) is 3.39. The fraction of sp³-hybridized carbons (Fsp3) is 0.118. The summed E-state index contributed by atoms with van der Waals surface area (Å²) >= 11 is 3.39. The number of rotatable bonds is 8. The van der Waals surface area contributed by atoms with Crippen molar-refractivity contribution in [1.82, 2.24) is 20.2 Å². The Morgan fingerprint density at radius 3 is 2.60 bits per heavy atom. The molecule has 47 heavy (non-hydrogen) atoms. The molecule has 0 saturated carbocycles. The van der Waals surface area contributed by atoms with E-state index in [0.29, 0.717) is 55.8 Å². The van der Waals surface area contributed by atoms with Crippen molar-refractivity contribution >= 4 is 56.6 Å². The van der Waals surface area contributed by atoms with Crippen molar-refractivity contribution in [1.29, 1.82) is 0 Å². The number of hydrogen-bond acceptors (Lipinski definition) is 6. The van der Waals surface area contributed by atoms with Gasteiger partial charge in [0.15, 0.2) is 17.5 Å². The average molecular weight is 702 g/mol. The molecule has 3 heterocycles. The molecular formula is C34H27BrF2N6O4. The average Bonchev–Trinajstić information content (AvgIpc) is 3.69. The SMILES string of the molecule is Cc1c(Br)cc(C(=O)N[C@@H](C(=O)Nc2ccc3[nH]c(O)c(C=C4C=NCN4)c3c2)c2ccccc2)c(=O)n1Cc1ccc(F)c(F)c1. The third kappa shape index (κ3) is 6.56. The zero-order valence-electron chi connectivity index (χ0n) is 24.8. The molecule has 6 rings (SSSR count). The zero-order chi connectivity index (χ0) is 33.2. The molecule has 0 bridgehead atoms. The van der Waals surface area contributed by atoms with Crippen molar-refractivity contribution in [3.63, 3.8) is 0 Å². The molecule has 1 atom stereocenters. The molecule has 2 amide bonds. The summed E-state index contributed by atoms with van der Waals surface area (Å²) in [4.78, 5) is 48.0. The van der Waals surface area contributed by atoms with Crippen LogP contribution in [-0.2, 0) is 11.3 Å². The number of fused-ring (bicyclic) bond motifs is 1. The van der Waals surface area contributed by atoms with E-state index >= 15 is 0 Å². The van der Waals surface area contributed by atoms with E-state index in [1.54, 1.807) is 67.7 Å². The number of nitrogens with zero attached hydrogens (tertiary/aromatic N) is 2. The van der Waals surface area contributed by atoms with Crippen LogP contribution in [0.5, 0.6) is 5.88 Å².